The predicted octanol–water partition coefficient (Wildman–Crippen LogP) is 4.93. The minimum Gasteiger partial charge on any atom is -0.454 e. The van der Waals surface area contributed by atoms with Crippen molar-refractivity contribution in [2.45, 2.75) is 20.4 Å². The normalized spacial score (nSPS) is 11.3. The van der Waals surface area contributed by atoms with Gasteiger partial charge >= 0.3 is 0 Å². The van der Waals surface area contributed by atoms with E-state index in [1.54, 1.807) is 45.7 Å². The number of ether oxygens (including phenoxy) is 2. The van der Waals surface area contributed by atoms with E-state index >= 15 is 0 Å². The number of aromatic nitrogens is 6. The molecule has 0 amide bonds. The third kappa shape index (κ3) is 4.38. The minimum atomic E-state index is -0.414. The van der Waals surface area contributed by atoms with Crippen molar-refractivity contribution in [2.24, 2.45) is 0 Å². The standard InChI is InChI=1S/C25H23FN6O2/c1-3-33-15-14-32-25(23-21-16-17(2)29-31(21)13-12-27-23)28-24(30-32)18-8-10-19(11-9-18)34-22-7-5-4-6-20(22)26/h4-13,16H,3,14-15H2,1-2H3. The molecule has 0 aliphatic rings. The highest BCUT2D eigenvalue weighted by molar-refractivity contribution is 5.74. The molecule has 0 unspecified atom stereocenters. The maximum absolute atomic E-state index is 13.9. The molecule has 0 saturated heterocycles. The largest absolute Gasteiger partial charge is 0.454 e. The lowest BCUT2D eigenvalue weighted by molar-refractivity contribution is 0.136. The number of hydrogen-bond donors (Lipinski definition) is 0. The molecule has 0 bridgehead atoms. The number of hydrogen-bond acceptors (Lipinski definition) is 6. The molecule has 0 fully saturated rings. The molecule has 5 aromatic rings. The first-order valence-corrected chi connectivity index (χ1v) is 11.0. The molecular weight excluding hydrogens is 435 g/mol. The van der Waals surface area contributed by atoms with E-state index in [4.69, 9.17) is 19.6 Å². The molecule has 0 aliphatic heterocycles. The van der Waals surface area contributed by atoms with Crippen molar-refractivity contribution in [3.63, 3.8) is 0 Å². The van der Waals surface area contributed by atoms with Crippen molar-refractivity contribution >= 4 is 5.52 Å². The second-order valence-corrected chi connectivity index (χ2v) is 7.63. The van der Waals surface area contributed by atoms with Crippen molar-refractivity contribution < 1.29 is 13.9 Å². The van der Waals surface area contributed by atoms with Gasteiger partial charge in [0.05, 0.1) is 24.4 Å². The fraction of sp³-hybridized carbons (Fsp3) is 0.200. The zero-order chi connectivity index (χ0) is 23.5. The van der Waals surface area contributed by atoms with Gasteiger partial charge in [-0.1, -0.05) is 12.1 Å². The summed E-state index contributed by atoms with van der Waals surface area (Å²) in [5.41, 5.74) is 3.23. The van der Waals surface area contributed by atoms with Gasteiger partial charge in [-0.25, -0.2) is 23.6 Å². The van der Waals surface area contributed by atoms with E-state index in [1.807, 2.05) is 38.2 Å². The van der Waals surface area contributed by atoms with Crippen LogP contribution < -0.4 is 4.74 Å². The van der Waals surface area contributed by atoms with E-state index in [0.29, 0.717) is 42.9 Å². The second kappa shape index (κ2) is 9.40. The lowest BCUT2D eigenvalue weighted by atomic mass is 10.2. The Morgan fingerprint density at radius 2 is 1.85 bits per heavy atom. The molecule has 0 spiro atoms. The third-order valence-electron chi connectivity index (χ3n) is 5.22. The van der Waals surface area contributed by atoms with Crippen molar-refractivity contribution in [1.82, 2.24) is 29.4 Å². The highest BCUT2D eigenvalue weighted by Crippen LogP contribution is 2.28. The number of rotatable bonds is 8. The van der Waals surface area contributed by atoms with Crippen LogP contribution in [-0.4, -0.2) is 42.6 Å². The monoisotopic (exact) mass is 458 g/mol. The quantitative estimate of drug-likeness (QED) is 0.307. The van der Waals surface area contributed by atoms with Crippen LogP contribution in [0.5, 0.6) is 11.5 Å². The van der Waals surface area contributed by atoms with Crippen molar-refractivity contribution in [3.05, 3.63) is 78.5 Å². The Hall–Kier alpha value is -4.11. The van der Waals surface area contributed by atoms with Gasteiger partial charge in [0.25, 0.3) is 0 Å². The van der Waals surface area contributed by atoms with Gasteiger partial charge in [-0.2, -0.15) is 10.2 Å². The first-order chi connectivity index (χ1) is 16.6. The molecule has 8 nitrogen and oxygen atoms in total. The Balaban J connectivity index is 1.49. The molecule has 9 heteroatoms. The van der Waals surface area contributed by atoms with Crippen LogP contribution in [0, 0.1) is 12.7 Å². The number of benzene rings is 2. The molecule has 5 rings (SSSR count). The molecule has 0 N–H and O–H groups in total. The van der Waals surface area contributed by atoms with E-state index in [0.717, 1.165) is 16.8 Å². The van der Waals surface area contributed by atoms with Crippen LogP contribution in [0.15, 0.2) is 67.0 Å². The number of aryl methyl sites for hydroxylation is 1. The first kappa shape index (κ1) is 21.7. The van der Waals surface area contributed by atoms with Gasteiger partial charge in [0.15, 0.2) is 23.2 Å². The van der Waals surface area contributed by atoms with E-state index in [-0.39, 0.29) is 5.75 Å². The lowest BCUT2D eigenvalue weighted by Crippen LogP contribution is -2.10. The van der Waals surface area contributed by atoms with Crippen molar-refractivity contribution in [2.75, 3.05) is 13.2 Å². The van der Waals surface area contributed by atoms with Crippen LogP contribution in [0.25, 0.3) is 28.4 Å². The van der Waals surface area contributed by atoms with E-state index in [2.05, 4.69) is 10.1 Å². The van der Waals surface area contributed by atoms with E-state index in [9.17, 15) is 4.39 Å². The second-order valence-electron chi connectivity index (χ2n) is 7.63. The van der Waals surface area contributed by atoms with E-state index < -0.39 is 5.82 Å². The van der Waals surface area contributed by atoms with Gasteiger partial charge in [0.2, 0.25) is 0 Å². The van der Waals surface area contributed by atoms with Gasteiger partial charge in [-0.05, 0) is 56.3 Å². The fourth-order valence-corrected chi connectivity index (χ4v) is 3.63. The molecule has 3 heterocycles. The predicted molar refractivity (Wildman–Crippen MR) is 125 cm³/mol. The summed E-state index contributed by atoms with van der Waals surface area (Å²) in [4.78, 5) is 9.38. The third-order valence-corrected chi connectivity index (χ3v) is 5.22. The average molecular weight is 458 g/mol. The maximum Gasteiger partial charge on any atom is 0.181 e. The highest BCUT2D eigenvalue weighted by atomic mass is 19.1. The summed E-state index contributed by atoms with van der Waals surface area (Å²) in [5.74, 6) is 1.45. The van der Waals surface area contributed by atoms with Crippen molar-refractivity contribution in [1.29, 1.82) is 0 Å². The van der Waals surface area contributed by atoms with Gasteiger partial charge in [0.1, 0.15) is 11.4 Å². The summed E-state index contributed by atoms with van der Waals surface area (Å²) < 4.78 is 28.7. The fourth-order valence-electron chi connectivity index (χ4n) is 3.63. The summed E-state index contributed by atoms with van der Waals surface area (Å²) in [6.07, 6.45) is 3.51. The number of para-hydroxylation sites is 1. The molecule has 0 atom stereocenters. The summed E-state index contributed by atoms with van der Waals surface area (Å²) in [6.45, 7) is 5.54. The Bertz CT molecular complexity index is 1430. The van der Waals surface area contributed by atoms with Crippen LogP contribution >= 0.6 is 0 Å². The highest BCUT2D eigenvalue weighted by Gasteiger charge is 2.18. The molecule has 2 aromatic carbocycles. The van der Waals surface area contributed by atoms with Crippen molar-refractivity contribution in [3.8, 4) is 34.4 Å². The molecule has 0 saturated carbocycles. The van der Waals surface area contributed by atoms with Crippen LogP contribution in [-0.2, 0) is 11.3 Å². The Labute approximate surface area is 195 Å². The summed E-state index contributed by atoms with van der Waals surface area (Å²) in [6, 6.07) is 15.5. The Morgan fingerprint density at radius 1 is 1.03 bits per heavy atom. The Morgan fingerprint density at radius 3 is 2.65 bits per heavy atom. The maximum atomic E-state index is 13.9. The zero-order valence-corrected chi connectivity index (χ0v) is 18.8. The lowest BCUT2D eigenvalue weighted by Gasteiger charge is -2.06. The van der Waals surface area contributed by atoms with Crippen LogP contribution in [0.1, 0.15) is 12.6 Å². The molecule has 3 aromatic heterocycles. The summed E-state index contributed by atoms with van der Waals surface area (Å²) in [7, 11) is 0. The SMILES string of the molecule is CCOCCn1nc(-c2ccc(Oc3ccccc3F)cc2)nc1-c1nccn2nc(C)cc12. The van der Waals surface area contributed by atoms with E-state index in [1.165, 1.54) is 6.07 Å². The van der Waals surface area contributed by atoms with Crippen LogP contribution in [0.2, 0.25) is 0 Å². The van der Waals surface area contributed by atoms with Crippen LogP contribution in [0.4, 0.5) is 4.39 Å². The molecule has 0 radical (unpaired) electrons. The van der Waals surface area contributed by atoms with Gasteiger partial charge in [-0.15, -0.1) is 0 Å². The Kier molecular flexibility index (Phi) is 6.01. The molecular formula is C25H23FN6O2. The van der Waals surface area contributed by atoms with Gasteiger partial charge in [-0.3, -0.25) is 0 Å². The minimum absolute atomic E-state index is 0.172. The first-order valence-electron chi connectivity index (χ1n) is 11.0. The molecule has 34 heavy (non-hydrogen) atoms. The van der Waals surface area contributed by atoms with Crippen LogP contribution in [0.3, 0.4) is 0 Å². The molecule has 0 aliphatic carbocycles. The zero-order valence-electron chi connectivity index (χ0n) is 18.8. The topological polar surface area (TPSA) is 79.4 Å². The number of nitrogens with zero attached hydrogens (tertiary/aromatic N) is 6. The molecule has 172 valence electrons. The number of halogens is 1. The van der Waals surface area contributed by atoms with Gasteiger partial charge < -0.3 is 9.47 Å². The summed E-state index contributed by atoms with van der Waals surface area (Å²) in [5, 5.41) is 9.20. The average Bonchev–Trinajstić information content (AvgIpc) is 3.44. The summed E-state index contributed by atoms with van der Waals surface area (Å²) >= 11 is 0. The number of fused-ring (bicyclic) bond motifs is 1. The smallest absolute Gasteiger partial charge is 0.181 e. The van der Waals surface area contributed by atoms with Gasteiger partial charge in [0, 0.05) is 24.6 Å².